The summed E-state index contributed by atoms with van der Waals surface area (Å²) < 4.78 is 10.5. The summed E-state index contributed by atoms with van der Waals surface area (Å²) in [6.45, 7) is 2.38. The summed E-state index contributed by atoms with van der Waals surface area (Å²) >= 11 is 0. The van der Waals surface area contributed by atoms with Gasteiger partial charge < -0.3 is 20.1 Å². The van der Waals surface area contributed by atoms with Crippen molar-refractivity contribution in [1.82, 2.24) is 5.32 Å². The Bertz CT molecular complexity index is 772. The van der Waals surface area contributed by atoms with Gasteiger partial charge in [-0.1, -0.05) is 19.1 Å². The standard InChI is InChI=1S/C21H26N2O4/c1-4-5-20(24)23-17-8-6-15(7-9-17)14-22-21(25)13-16-12-18(26-2)10-11-19(16)27-3/h6-12H,4-5,13-14H2,1-3H3,(H,22,25)(H,23,24). The van der Waals surface area contributed by atoms with Crippen molar-refractivity contribution < 1.29 is 19.1 Å². The lowest BCUT2D eigenvalue weighted by Gasteiger charge is -2.11. The SMILES string of the molecule is CCCC(=O)Nc1ccc(CNC(=O)Cc2cc(OC)ccc2OC)cc1. The fraction of sp³-hybridized carbons (Fsp3) is 0.333. The molecule has 0 saturated carbocycles. The summed E-state index contributed by atoms with van der Waals surface area (Å²) in [5.74, 6) is 1.23. The number of anilines is 1. The highest BCUT2D eigenvalue weighted by atomic mass is 16.5. The van der Waals surface area contributed by atoms with E-state index >= 15 is 0 Å². The molecule has 0 spiro atoms. The van der Waals surface area contributed by atoms with E-state index in [0.29, 0.717) is 24.5 Å². The van der Waals surface area contributed by atoms with E-state index in [1.165, 1.54) is 0 Å². The van der Waals surface area contributed by atoms with E-state index in [-0.39, 0.29) is 18.2 Å². The summed E-state index contributed by atoms with van der Waals surface area (Å²) in [6, 6.07) is 12.8. The molecule has 0 saturated heterocycles. The maximum absolute atomic E-state index is 12.3. The molecule has 0 aliphatic carbocycles. The first-order chi connectivity index (χ1) is 13.0. The first-order valence-corrected chi connectivity index (χ1v) is 8.92. The Hall–Kier alpha value is -3.02. The van der Waals surface area contributed by atoms with Crippen LogP contribution in [0.2, 0.25) is 0 Å². The smallest absolute Gasteiger partial charge is 0.224 e. The maximum atomic E-state index is 12.3. The van der Waals surface area contributed by atoms with Crippen LogP contribution in [0, 0.1) is 0 Å². The minimum Gasteiger partial charge on any atom is -0.497 e. The fourth-order valence-electron chi connectivity index (χ4n) is 2.61. The van der Waals surface area contributed by atoms with Gasteiger partial charge in [-0.2, -0.15) is 0 Å². The Balaban J connectivity index is 1.89. The van der Waals surface area contributed by atoms with Crippen molar-refractivity contribution in [2.75, 3.05) is 19.5 Å². The largest absolute Gasteiger partial charge is 0.497 e. The van der Waals surface area contributed by atoms with E-state index in [1.807, 2.05) is 31.2 Å². The molecular weight excluding hydrogens is 344 g/mol. The van der Waals surface area contributed by atoms with E-state index in [4.69, 9.17) is 9.47 Å². The van der Waals surface area contributed by atoms with Crippen molar-refractivity contribution in [2.24, 2.45) is 0 Å². The van der Waals surface area contributed by atoms with Crippen molar-refractivity contribution in [3.63, 3.8) is 0 Å². The molecule has 2 N–H and O–H groups in total. The number of rotatable bonds is 9. The molecule has 27 heavy (non-hydrogen) atoms. The molecule has 2 aromatic carbocycles. The minimum atomic E-state index is -0.109. The van der Waals surface area contributed by atoms with Gasteiger partial charge in [0.1, 0.15) is 11.5 Å². The van der Waals surface area contributed by atoms with Crippen LogP contribution in [0.15, 0.2) is 42.5 Å². The Morgan fingerprint density at radius 2 is 1.70 bits per heavy atom. The van der Waals surface area contributed by atoms with Crippen LogP contribution in [0.3, 0.4) is 0 Å². The number of hydrogen-bond acceptors (Lipinski definition) is 4. The first-order valence-electron chi connectivity index (χ1n) is 8.92. The minimum absolute atomic E-state index is 0.00536. The number of carbonyl (C=O) groups is 2. The molecule has 0 aromatic heterocycles. The Morgan fingerprint density at radius 1 is 0.963 bits per heavy atom. The van der Waals surface area contributed by atoms with Gasteiger partial charge in [-0.3, -0.25) is 9.59 Å². The maximum Gasteiger partial charge on any atom is 0.224 e. The quantitative estimate of drug-likeness (QED) is 0.710. The third kappa shape index (κ3) is 6.33. The Labute approximate surface area is 159 Å². The number of ether oxygens (including phenoxy) is 2. The predicted molar refractivity (Wildman–Crippen MR) is 105 cm³/mol. The average molecular weight is 370 g/mol. The van der Waals surface area contributed by atoms with Crippen molar-refractivity contribution in [3.05, 3.63) is 53.6 Å². The molecule has 6 heteroatoms. The van der Waals surface area contributed by atoms with Gasteiger partial charge in [0.05, 0.1) is 20.6 Å². The van der Waals surface area contributed by atoms with Gasteiger partial charge in [-0.05, 0) is 42.3 Å². The fourth-order valence-corrected chi connectivity index (χ4v) is 2.61. The van der Waals surface area contributed by atoms with Gasteiger partial charge >= 0.3 is 0 Å². The number of benzene rings is 2. The van der Waals surface area contributed by atoms with Crippen LogP contribution in [0.1, 0.15) is 30.9 Å². The third-order valence-electron chi connectivity index (χ3n) is 4.04. The second-order valence-electron chi connectivity index (χ2n) is 6.13. The molecule has 0 fully saturated rings. The summed E-state index contributed by atoms with van der Waals surface area (Å²) in [7, 11) is 3.16. The van der Waals surface area contributed by atoms with E-state index in [9.17, 15) is 9.59 Å². The molecule has 2 amide bonds. The second kappa shape index (κ2) is 10.2. The van der Waals surface area contributed by atoms with Crippen LogP contribution >= 0.6 is 0 Å². The van der Waals surface area contributed by atoms with Gasteiger partial charge in [0.15, 0.2) is 0 Å². The van der Waals surface area contributed by atoms with Crippen LogP contribution in [0.4, 0.5) is 5.69 Å². The molecule has 2 rings (SSSR count). The highest BCUT2D eigenvalue weighted by Gasteiger charge is 2.10. The molecular formula is C21H26N2O4. The normalized spacial score (nSPS) is 10.2. The molecule has 0 heterocycles. The number of hydrogen-bond donors (Lipinski definition) is 2. The number of methoxy groups -OCH3 is 2. The zero-order valence-corrected chi connectivity index (χ0v) is 16.0. The number of amides is 2. The van der Waals surface area contributed by atoms with Crippen LogP contribution in [-0.4, -0.2) is 26.0 Å². The van der Waals surface area contributed by atoms with E-state index in [0.717, 1.165) is 23.2 Å². The van der Waals surface area contributed by atoms with Gasteiger partial charge in [-0.25, -0.2) is 0 Å². The van der Waals surface area contributed by atoms with Crippen molar-refractivity contribution in [1.29, 1.82) is 0 Å². The van der Waals surface area contributed by atoms with E-state index in [1.54, 1.807) is 32.4 Å². The highest BCUT2D eigenvalue weighted by molar-refractivity contribution is 5.90. The topological polar surface area (TPSA) is 76.7 Å². The van der Waals surface area contributed by atoms with Gasteiger partial charge in [-0.15, -0.1) is 0 Å². The van der Waals surface area contributed by atoms with Crippen LogP contribution in [-0.2, 0) is 22.6 Å². The molecule has 0 radical (unpaired) electrons. The summed E-state index contributed by atoms with van der Waals surface area (Å²) in [5, 5.41) is 5.73. The van der Waals surface area contributed by atoms with E-state index < -0.39 is 0 Å². The van der Waals surface area contributed by atoms with Gasteiger partial charge in [0.25, 0.3) is 0 Å². The molecule has 2 aromatic rings. The first kappa shape index (κ1) is 20.3. The summed E-state index contributed by atoms with van der Waals surface area (Å²) in [5.41, 5.74) is 2.47. The summed E-state index contributed by atoms with van der Waals surface area (Å²) in [4.78, 5) is 23.9. The van der Waals surface area contributed by atoms with Crippen LogP contribution in [0.5, 0.6) is 11.5 Å². The molecule has 0 unspecified atom stereocenters. The molecule has 0 atom stereocenters. The van der Waals surface area contributed by atoms with Crippen LogP contribution in [0.25, 0.3) is 0 Å². The number of nitrogens with one attached hydrogen (secondary N) is 2. The van der Waals surface area contributed by atoms with Crippen molar-refractivity contribution in [3.8, 4) is 11.5 Å². The van der Waals surface area contributed by atoms with Gasteiger partial charge in [0, 0.05) is 24.2 Å². The highest BCUT2D eigenvalue weighted by Crippen LogP contribution is 2.24. The predicted octanol–water partition coefficient (Wildman–Crippen LogP) is 3.30. The van der Waals surface area contributed by atoms with Crippen molar-refractivity contribution >= 4 is 17.5 Å². The van der Waals surface area contributed by atoms with E-state index in [2.05, 4.69) is 10.6 Å². The van der Waals surface area contributed by atoms with Crippen molar-refractivity contribution in [2.45, 2.75) is 32.7 Å². The molecule has 0 bridgehead atoms. The molecule has 0 aliphatic heterocycles. The lowest BCUT2D eigenvalue weighted by Crippen LogP contribution is -2.24. The zero-order chi connectivity index (χ0) is 19.6. The average Bonchev–Trinajstić information content (AvgIpc) is 2.67. The second-order valence-corrected chi connectivity index (χ2v) is 6.13. The molecule has 144 valence electrons. The lowest BCUT2D eigenvalue weighted by molar-refractivity contribution is -0.120. The molecule has 0 aliphatic rings. The lowest BCUT2D eigenvalue weighted by atomic mass is 10.1. The monoisotopic (exact) mass is 370 g/mol. The Kier molecular flexibility index (Phi) is 7.67. The van der Waals surface area contributed by atoms with Crippen LogP contribution < -0.4 is 20.1 Å². The molecule has 6 nitrogen and oxygen atoms in total. The summed E-state index contributed by atoms with van der Waals surface area (Å²) in [6.07, 6.45) is 1.52. The zero-order valence-electron chi connectivity index (χ0n) is 16.0. The number of carbonyl (C=O) groups excluding carboxylic acids is 2. The van der Waals surface area contributed by atoms with Gasteiger partial charge in [0.2, 0.25) is 11.8 Å². The third-order valence-corrected chi connectivity index (χ3v) is 4.04. The Morgan fingerprint density at radius 3 is 2.33 bits per heavy atom.